The molecule has 0 aliphatic rings. The highest BCUT2D eigenvalue weighted by atomic mass is 79.9. The minimum absolute atomic E-state index is 0.0807. The molecule has 0 fully saturated rings. The van der Waals surface area contributed by atoms with E-state index in [-0.39, 0.29) is 12.5 Å². The topological polar surface area (TPSA) is 50.7 Å². The number of carbonyl (C=O) groups excluding carboxylic acids is 1. The van der Waals surface area contributed by atoms with Crippen molar-refractivity contribution in [2.24, 2.45) is 5.10 Å². The highest BCUT2D eigenvalue weighted by Gasteiger charge is 2.03. The van der Waals surface area contributed by atoms with Crippen molar-refractivity contribution < 1.29 is 9.53 Å². The Labute approximate surface area is 145 Å². The molecule has 1 amide bonds. The maximum atomic E-state index is 11.6. The Hall–Kier alpha value is -1.66. The maximum absolute atomic E-state index is 11.6. The second kappa shape index (κ2) is 8.10. The average molecular weight is 426 g/mol. The van der Waals surface area contributed by atoms with Gasteiger partial charge in [-0.05, 0) is 42.3 Å². The summed E-state index contributed by atoms with van der Waals surface area (Å²) < 4.78 is 7.27. The first-order valence-electron chi connectivity index (χ1n) is 6.51. The number of rotatable bonds is 5. The molecule has 0 aromatic heterocycles. The summed E-state index contributed by atoms with van der Waals surface area (Å²) in [4.78, 5) is 11.6. The monoisotopic (exact) mass is 424 g/mol. The van der Waals surface area contributed by atoms with E-state index in [0.29, 0.717) is 5.75 Å². The van der Waals surface area contributed by atoms with E-state index in [2.05, 4.69) is 42.4 Å². The Morgan fingerprint density at radius 2 is 1.86 bits per heavy atom. The van der Waals surface area contributed by atoms with Crippen LogP contribution in [-0.4, -0.2) is 18.7 Å². The first-order valence-corrected chi connectivity index (χ1v) is 8.10. The number of benzene rings is 2. The molecule has 22 heavy (non-hydrogen) atoms. The number of hydrazone groups is 1. The zero-order valence-electron chi connectivity index (χ0n) is 11.8. The Bertz CT molecular complexity index is 665. The molecule has 0 bridgehead atoms. The summed E-state index contributed by atoms with van der Waals surface area (Å²) in [6.45, 7) is 1.92. The quantitative estimate of drug-likeness (QED) is 0.580. The summed E-state index contributed by atoms with van der Waals surface area (Å²) in [7, 11) is 0. The molecular formula is C16H14Br2N2O2. The largest absolute Gasteiger partial charge is 0.484 e. The molecule has 0 aliphatic carbocycles. The number of ether oxygens (including phenoxy) is 1. The smallest absolute Gasteiger partial charge is 0.277 e. The molecule has 1 N–H and O–H groups in total. The van der Waals surface area contributed by atoms with Crippen LogP contribution in [0.2, 0.25) is 0 Å². The van der Waals surface area contributed by atoms with E-state index in [1.54, 1.807) is 18.3 Å². The van der Waals surface area contributed by atoms with Crippen molar-refractivity contribution in [3.8, 4) is 5.75 Å². The maximum Gasteiger partial charge on any atom is 0.277 e. The molecule has 0 saturated carbocycles. The lowest BCUT2D eigenvalue weighted by Crippen LogP contribution is -2.24. The summed E-state index contributed by atoms with van der Waals surface area (Å²) >= 11 is 6.94. The fourth-order valence-electron chi connectivity index (χ4n) is 1.62. The average Bonchev–Trinajstić information content (AvgIpc) is 2.51. The summed E-state index contributed by atoms with van der Waals surface area (Å²) in [5.41, 5.74) is 4.41. The van der Waals surface area contributed by atoms with Gasteiger partial charge >= 0.3 is 0 Å². The van der Waals surface area contributed by atoms with Gasteiger partial charge in [-0.2, -0.15) is 5.10 Å². The Kier molecular flexibility index (Phi) is 6.15. The molecule has 2 rings (SSSR count). The minimum atomic E-state index is -0.314. The van der Waals surface area contributed by atoms with Crippen LogP contribution in [0.4, 0.5) is 0 Å². The van der Waals surface area contributed by atoms with Crippen molar-refractivity contribution in [1.29, 1.82) is 0 Å². The summed E-state index contributed by atoms with van der Waals surface area (Å²) in [6, 6.07) is 13.0. The van der Waals surface area contributed by atoms with E-state index in [4.69, 9.17) is 4.74 Å². The van der Waals surface area contributed by atoms with E-state index < -0.39 is 0 Å². The van der Waals surface area contributed by atoms with Crippen LogP contribution < -0.4 is 10.2 Å². The lowest BCUT2D eigenvalue weighted by atomic mass is 10.2. The number of hydrogen-bond donors (Lipinski definition) is 1. The number of carbonyl (C=O) groups is 1. The Morgan fingerprint density at radius 1 is 1.23 bits per heavy atom. The zero-order valence-corrected chi connectivity index (χ0v) is 15.0. The number of halogens is 2. The Balaban J connectivity index is 1.85. The normalized spacial score (nSPS) is 10.7. The van der Waals surface area contributed by atoms with E-state index >= 15 is 0 Å². The van der Waals surface area contributed by atoms with Crippen molar-refractivity contribution in [3.63, 3.8) is 0 Å². The first-order chi connectivity index (χ1) is 10.6. The lowest BCUT2D eigenvalue weighted by molar-refractivity contribution is -0.123. The van der Waals surface area contributed by atoms with Gasteiger partial charge in [-0.1, -0.05) is 50.1 Å². The predicted octanol–water partition coefficient (Wildman–Crippen LogP) is 4.05. The standard InChI is InChI=1S/C16H14Br2N2O2/c1-11-14(17)7-12(8-15(11)18)9-19-20-16(21)10-22-13-5-3-2-4-6-13/h2-9H,10H2,1H3,(H,20,21)/b19-9-. The summed E-state index contributed by atoms with van der Waals surface area (Å²) in [5, 5.41) is 3.92. The van der Waals surface area contributed by atoms with E-state index in [9.17, 15) is 4.79 Å². The van der Waals surface area contributed by atoms with Crippen LogP contribution in [0.25, 0.3) is 0 Å². The van der Waals surface area contributed by atoms with E-state index in [1.165, 1.54) is 0 Å². The van der Waals surface area contributed by atoms with Gasteiger partial charge in [-0.25, -0.2) is 5.43 Å². The third kappa shape index (κ3) is 4.96. The van der Waals surface area contributed by atoms with Gasteiger partial charge in [-0.15, -0.1) is 0 Å². The van der Waals surface area contributed by atoms with Crippen LogP contribution in [-0.2, 0) is 4.79 Å². The van der Waals surface area contributed by atoms with Crippen LogP contribution >= 0.6 is 31.9 Å². The van der Waals surface area contributed by atoms with Gasteiger partial charge in [0, 0.05) is 8.95 Å². The van der Waals surface area contributed by atoms with Crippen molar-refractivity contribution >= 4 is 44.0 Å². The van der Waals surface area contributed by atoms with E-state index in [0.717, 1.165) is 20.1 Å². The number of para-hydroxylation sites is 1. The molecule has 0 aliphatic heterocycles. The molecule has 0 saturated heterocycles. The van der Waals surface area contributed by atoms with Crippen molar-refractivity contribution in [2.45, 2.75) is 6.92 Å². The van der Waals surface area contributed by atoms with Gasteiger partial charge in [0.05, 0.1) is 6.21 Å². The van der Waals surface area contributed by atoms with Gasteiger partial charge in [0.15, 0.2) is 6.61 Å². The molecule has 2 aromatic rings. The van der Waals surface area contributed by atoms with Crippen LogP contribution in [0.1, 0.15) is 11.1 Å². The third-order valence-corrected chi connectivity index (χ3v) is 4.47. The van der Waals surface area contributed by atoms with Crippen LogP contribution in [0, 0.1) is 6.92 Å². The van der Waals surface area contributed by atoms with Crippen LogP contribution in [0.3, 0.4) is 0 Å². The summed E-state index contributed by atoms with van der Waals surface area (Å²) in [5.74, 6) is 0.332. The van der Waals surface area contributed by atoms with Gasteiger partial charge < -0.3 is 4.74 Å². The fourth-order valence-corrected chi connectivity index (χ4v) is 2.84. The second-order valence-electron chi connectivity index (χ2n) is 4.50. The minimum Gasteiger partial charge on any atom is -0.484 e. The molecule has 6 heteroatoms. The molecule has 0 atom stereocenters. The van der Waals surface area contributed by atoms with Gasteiger partial charge in [0.25, 0.3) is 5.91 Å². The fraction of sp³-hybridized carbons (Fsp3) is 0.125. The number of nitrogens with one attached hydrogen (secondary N) is 1. The van der Waals surface area contributed by atoms with Crippen molar-refractivity contribution in [3.05, 3.63) is 62.5 Å². The molecule has 0 heterocycles. The molecule has 114 valence electrons. The van der Waals surface area contributed by atoms with Crippen LogP contribution in [0.5, 0.6) is 5.75 Å². The van der Waals surface area contributed by atoms with Crippen molar-refractivity contribution in [1.82, 2.24) is 5.43 Å². The van der Waals surface area contributed by atoms with Gasteiger partial charge in [0.1, 0.15) is 5.75 Å². The third-order valence-electron chi connectivity index (χ3n) is 2.82. The molecule has 0 unspecified atom stereocenters. The van der Waals surface area contributed by atoms with E-state index in [1.807, 2.05) is 37.3 Å². The van der Waals surface area contributed by atoms with Gasteiger partial charge in [0.2, 0.25) is 0 Å². The van der Waals surface area contributed by atoms with Crippen LogP contribution in [0.15, 0.2) is 56.5 Å². The molecular weight excluding hydrogens is 412 g/mol. The summed E-state index contributed by atoms with van der Waals surface area (Å²) in [6.07, 6.45) is 1.58. The molecule has 4 nitrogen and oxygen atoms in total. The molecule has 0 radical (unpaired) electrons. The van der Waals surface area contributed by atoms with Crippen molar-refractivity contribution in [2.75, 3.05) is 6.61 Å². The molecule has 0 spiro atoms. The first kappa shape index (κ1) is 16.7. The number of amides is 1. The SMILES string of the molecule is Cc1c(Br)cc(/C=N\NC(=O)COc2ccccc2)cc1Br. The molecule has 2 aromatic carbocycles. The Morgan fingerprint density at radius 3 is 2.50 bits per heavy atom. The number of nitrogens with zero attached hydrogens (tertiary/aromatic N) is 1. The zero-order chi connectivity index (χ0) is 15.9. The van der Waals surface area contributed by atoms with Gasteiger partial charge in [-0.3, -0.25) is 4.79 Å². The number of hydrogen-bond acceptors (Lipinski definition) is 3. The highest BCUT2D eigenvalue weighted by Crippen LogP contribution is 2.25. The lowest BCUT2D eigenvalue weighted by Gasteiger charge is -2.05. The predicted molar refractivity (Wildman–Crippen MR) is 94.3 cm³/mol. The second-order valence-corrected chi connectivity index (χ2v) is 6.21. The highest BCUT2D eigenvalue weighted by molar-refractivity contribution is 9.11.